The number of aryl methyl sites for hydroxylation is 1. The van der Waals surface area contributed by atoms with Crippen LogP contribution < -0.4 is 11.1 Å². The molecule has 1 aliphatic rings. The van der Waals surface area contributed by atoms with Gasteiger partial charge >= 0.3 is 0 Å². The number of aromatic nitrogens is 1. The summed E-state index contributed by atoms with van der Waals surface area (Å²) >= 11 is 3.40. The minimum absolute atomic E-state index is 0.00335. The maximum absolute atomic E-state index is 12.3. The first kappa shape index (κ1) is 14.5. The molecule has 2 atom stereocenters. The fraction of sp³-hybridized carbons (Fsp3) is 0.571. The first-order valence-corrected chi connectivity index (χ1v) is 7.57. The molecule has 0 aliphatic heterocycles. The molecule has 0 spiro atoms. The topological polar surface area (TPSA) is 68.0 Å². The summed E-state index contributed by atoms with van der Waals surface area (Å²) in [6.45, 7) is 1.90. The number of hydrogen-bond donors (Lipinski definition) is 2. The lowest BCUT2D eigenvalue weighted by Gasteiger charge is -2.20. The van der Waals surface area contributed by atoms with Crippen LogP contribution in [-0.4, -0.2) is 16.9 Å². The molecule has 1 amide bonds. The van der Waals surface area contributed by atoms with E-state index in [1.807, 2.05) is 13.0 Å². The van der Waals surface area contributed by atoms with Crippen LogP contribution in [0, 0.1) is 12.8 Å². The van der Waals surface area contributed by atoms with Crippen molar-refractivity contribution in [1.82, 2.24) is 4.98 Å². The van der Waals surface area contributed by atoms with Crippen molar-refractivity contribution in [2.24, 2.45) is 11.7 Å². The summed E-state index contributed by atoms with van der Waals surface area (Å²) in [4.78, 5) is 16.6. The summed E-state index contributed by atoms with van der Waals surface area (Å²) in [5.74, 6) is 0.513. The molecule has 1 saturated carbocycles. The molecule has 1 aliphatic carbocycles. The fourth-order valence-corrected chi connectivity index (χ4v) is 2.72. The van der Waals surface area contributed by atoms with Crippen LogP contribution in [0.15, 0.2) is 16.6 Å². The highest BCUT2D eigenvalue weighted by Gasteiger charge is 2.27. The largest absolute Gasteiger partial charge is 0.327 e. The second kappa shape index (κ2) is 6.48. The monoisotopic (exact) mass is 325 g/mol. The molecule has 3 N–H and O–H groups in total. The number of anilines is 1. The van der Waals surface area contributed by atoms with Crippen LogP contribution in [0.4, 0.5) is 5.82 Å². The number of nitrogens with zero attached hydrogens (tertiary/aromatic N) is 1. The van der Waals surface area contributed by atoms with Gasteiger partial charge in [0.15, 0.2) is 0 Å². The molecular formula is C14H20BrN3O. The molecule has 1 heterocycles. The summed E-state index contributed by atoms with van der Waals surface area (Å²) < 4.78 is 0.941. The SMILES string of the molecule is Cc1nc(NC(=O)C2CCCCCC2N)ccc1Br. The number of rotatable bonds is 2. The van der Waals surface area contributed by atoms with Crippen molar-refractivity contribution in [1.29, 1.82) is 0 Å². The molecule has 0 saturated heterocycles. The lowest BCUT2D eigenvalue weighted by Crippen LogP contribution is -2.38. The smallest absolute Gasteiger partial charge is 0.230 e. The van der Waals surface area contributed by atoms with Crippen molar-refractivity contribution in [3.05, 3.63) is 22.3 Å². The van der Waals surface area contributed by atoms with Crippen molar-refractivity contribution in [3.63, 3.8) is 0 Å². The standard InChI is InChI=1S/C14H20BrN3O/c1-9-11(15)7-8-13(17-9)18-14(19)10-5-3-2-4-6-12(10)16/h7-8,10,12H,2-6,16H2,1H3,(H,17,18,19). The molecule has 1 fully saturated rings. The molecule has 1 aromatic rings. The van der Waals surface area contributed by atoms with E-state index in [4.69, 9.17) is 5.73 Å². The minimum Gasteiger partial charge on any atom is -0.327 e. The fourth-order valence-electron chi connectivity index (χ4n) is 2.49. The Morgan fingerprint density at radius 2 is 2.11 bits per heavy atom. The van der Waals surface area contributed by atoms with Crippen LogP contribution >= 0.6 is 15.9 Å². The van der Waals surface area contributed by atoms with Gasteiger partial charge in [-0.1, -0.05) is 19.3 Å². The predicted molar refractivity (Wildman–Crippen MR) is 79.9 cm³/mol. The maximum Gasteiger partial charge on any atom is 0.230 e. The lowest BCUT2D eigenvalue weighted by molar-refractivity contribution is -0.120. The first-order valence-electron chi connectivity index (χ1n) is 6.77. The molecule has 1 aromatic heterocycles. The van der Waals surface area contributed by atoms with Crippen LogP contribution in [0.3, 0.4) is 0 Å². The van der Waals surface area contributed by atoms with Gasteiger partial charge in [-0.15, -0.1) is 0 Å². The van der Waals surface area contributed by atoms with Gasteiger partial charge in [0, 0.05) is 10.5 Å². The van der Waals surface area contributed by atoms with Gasteiger partial charge in [0.2, 0.25) is 5.91 Å². The van der Waals surface area contributed by atoms with Crippen LogP contribution in [0.25, 0.3) is 0 Å². The van der Waals surface area contributed by atoms with E-state index >= 15 is 0 Å². The summed E-state index contributed by atoms with van der Waals surface area (Å²) in [5.41, 5.74) is 6.96. The zero-order chi connectivity index (χ0) is 13.8. The van der Waals surface area contributed by atoms with Gasteiger partial charge in [-0.3, -0.25) is 4.79 Å². The van der Waals surface area contributed by atoms with Crippen molar-refractivity contribution < 1.29 is 4.79 Å². The Morgan fingerprint density at radius 1 is 1.37 bits per heavy atom. The summed E-state index contributed by atoms with van der Waals surface area (Å²) in [6.07, 6.45) is 5.19. The first-order chi connectivity index (χ1) is 9.08. The highest BCUT2D eigenvalue weighted by atomic mass is 79.9. The van der Waals surface area contributed by atoms with Crippen LogP contribution in [0.2, 0.25) is 0 Å². The van der Waals surface area contributed by atoms with Crippen LogP contribution in [0.1, 0.15) is 37.8 Å². The number of nitrogens with one attached hydrogen (secondary N) is 1. The van der Waals surface area contributed by atoms with E-state index in [2.05, 4.69) is 26.2 Å². The average molecular weight is 326 g/mol. The number of amides is 1. The molecule has 0 radical (unpaired) electrons. The number of pyridine rings is 1. The van der Waals surface area contributed by atoms with E-state index in [1.165, 1.54) is 6.42 Å². The predicted octanol–water partition coefficient (Wildman–Crippen LogP) is 3.00. The third kappa shape index (κ3) is 3.76. The third-order valence-electron chi connectivity index (χ3n) is 3.68. The minimum atomic E-state index is -0.0896. The van der Waals surface area contributed by atoms with E-state index < -0.39 is 0 Å². The number of hydrogen-bond acceptors (Lipinski definition) is 3. The van der Waals surface area contributed by atoms with Gasteiger partial charge in [0.25, 0.3) is 0 Å². The number of carbonyl (C=O) groups excluding carboxylic acids is 1. The molecule has 104 valence electrons. The molecular weight excluding hydrogens is 306 g/mol. The number of nitrogens with two attached hydrogens (primary N) is 1. The molecule has 0 aromatic carbocycles. The van der Waals surface area contributed by atoms with Gasteiger partial charge in [-0.25, -0.2) is 4.98 Å². The molecule has 2 unspecified atom stereocenters. The van der Waals surface area contributed by atoms with Crippen LogP contribution in [0.5, 0.6) is 0 Å². The van der Waals surface area contributed by atoms with Crippen molar-refractivity contribution in [3.8, 4) is 0 Å². The van der Waals surface area contributed by atoms with Crippen molar-refractivity contribution in [2.45, 2.75) is 45.1 Å². The molecule has 4 nitrogen and oxygen atoms in total. The Balaban J connectivity index is 2.04. The summed E-state index contributed by atoms with van der Waals surface area (Å²) in [6, 6.07) is 3.67. The van der Waals surface area contributed by atoms with Gasteiger partial charge in [-0.05, 0) is 47.8 Å². The Labute approximate surface area is 122 Å². The maximum atomic E-state index is 12.3. The Hall–Kier alpha value is -0.940. The van der Waals surface area contributed by atoms with Gasteiger partial charge in [0.05, 0.1) is 11.6 Å². The van der Waals surface area contributed by atoms with E-state index in [0.717, 1.165) is 35.8 Å². The van der Waals surface area contributed by atoms with E-state index in [9.17, 15) is 4.79 Å². The van der Waals surface area contributed by atoms with Crippen molar-refractivity contribution in [2.75, 3.05) is 5.32 Å². The van der Waals surface area contributed by atoms with E-state index in [-0.39, 0.29) is 17.9 Å². The molecule has 5 heteroatoms. The zero-order valence-electron chi connectivity index (χ0n) is 11.2. The lowest BCUT2D eigenvalue weighted by atomic mass is 9.94. The van der Waals surface area contributed by atoms with Gasteiger partial charge in [-0.2, -0.15) is 0 Å². The zero-order valence-corrected chi connectivity index (χ0v) is 12.7. The Kier molecular flexibility index (Phi) is 4.93. The highest BCUT2D eigenvalue weighted by Crippen LogP contribution is 2.24. The summed E-state index contributed by atoms with van der Waals surface area (Å²) in [7, 11) is 0. The number of halogens is 1. The van der Waals surface area contributed by atoms with Gasteiger partial charge < -0.3 is 11.1 Å². The van der Waals surface area contributed by atoms with Gasteiger partial charge in [0.1, 0.15) is 5.82 Å². The quantitative estimate of drug-likeness (QED) is 0.821. The van der Waals surface area contributed by atoms with E-state index in [0.29, 0.717) is 5.82 Å². The second-order valence-corrected chi connectivity index (χ2v) is 6.02. The Morgan fingerprint density at radius 3 is 2.84 bits per heavy atom. The highest BCUT2D eigenvalue weighted by molar-refractivity contribution is 9.10. The third-order valence-corrected chi connectivity index (χ3v) is 4.52. The molecule has 0 bridgehead atoms. The Bertz CT molecular complexity index is 464. The van der Waals surface area contributed by atoms with Crippen molar-refractivity contribution >= 4 is 27.7 Å². The van der Waals surface area contributed by atoms with Crippen LogP contribution in [-0.2, 0) is 4.79 Å². The summed E-state index contributed by atoms with van der Waals surface area (Å²) in [5, 5.41) is 2.89. The molecule has 2 rings (SSSR count). The second-order valence-electron chi connectivity index (χ2n) is 5.16. The number of carbonyl (C=O) groups is 1. The average Bonchev–Trinajstić information content (AvgIpc) is 2.58. The normalized spacial score (nSPS) is 23.7. The molecule has 19 heavy (non-hydrogen) atoms. The van der Waals surface area contributed by atoms with E-state index in [1.54, 1.807) is 6.07 Å².